The molecule has 1 saturated heterocycles. The minimum Gasteiger partial charge on any atom is -0.512 e. The lowest BCUT2D eigenvalue weighted by Crippen LogP contribution is -2.48. The maximum atomic E-state index is 9.83. The van der Waals surface area contributed by atoms with E-state index in [0.717, 1.165) is 55.4 Å². The van der Waals surface area contributed by atoms with E-state index in [0.29, 0.717) is 0 Å². The van der Waals surface area contributed by atoms with Crippen molar-refractivity contribution in [3.05, 3.63) is 94.9 Å². The molecule has 0 radical (unpaired) electrons. The van der Waals surface area contributed by atoms with Crippen LogP contribution in [-0.4, -0.2) is 47.6 Å². The maximum absolute atomic E-state index is 9.83. The number of nitrogens with zero attached hydrogens (tertiary/aromatic N) is 2. The molecule has 1 aliphatic rings. The molecular weight excluding hydrogens is 404 g/mol. The number of aryl methyl sites for hydroxylation is 1. The summed E-state index contributed by atoms with van der Waals surface area (Å²) in [6, 6.07) is 6.04. The van der Waals surface area contributed by atoms with Crippen LogP contribution in [0.2, 0.25) is 5.02 Å². The van der Waals surface area contributed by atoms with Gasteiger partial charge < -0.3 is 10.0 Å². The molecule has 0 bridgehead atoms. The van der Waals surface area contributed by atoms with Gasteiger partial charge in [-0.15, -0.1) is 0 Å². The van der Waals surface area contributed by atoms with Gasteiger partial charge in [0.05, 0.1) is 5.76 Å². The largest absolute Gasteiger partial charge is 0.512 e. The van der Waals surface area contributed by atoms with Gasteiger partial charge in [0, 0.05) is 48.9 Å². The monoisotopic (exact) mass is 440 g/mol. The summed E-state index contributed by atoms with van der Waals surface area (Å²) in [5.74, 6) is 0.243. The average molecular weight is 441 g/mol. The highest BCUT2D eigenvalue weighted by atomic mass is 35.5. The third-order valence-electron chi connectivity index (χ3n) is 5.97. The summed E-state index contributed by atoms with van der Waals surface area (Å²) in [4.78, 5) is 4.71. The highest BCUT2D eigenvalue weighted by Crippen LogP contribution is 2.25. The summed E-state index contributed by atoms with van der Waals surface area (Å²) in [5.41, 5.74) is 5.48. The van der Waals surface area contributed by atoms with Crippen LogP contribution in [-0.2, 0) is 6.42 Å². The summed E-state index contributed by atoms with van der Waals surface area (Å²) < 4.78 is 0. The van der Waals surface area contributed by atoms with Crippen molar-refractivity contribution in [2.45, 2.75) is 34.1 Å². The van der Waals surface area contributed by atoms with Crippen molar-refractivity contribution in [1.82, 2.24) is 9.80 Å². The molecule has 4 heteroatoms. The quantitative estimate of drug-likeness (QED) is 0.351. The van der Waals surface area contributed by atoms with Gasteiger partial charge in [-0.05, 0) is 55.2 Å². The molecule has 31 heavy (non-hydrogen) atoms. The Morgan fingerprint density at radius 1 is 1.16 bits per heavy atom. The Bertz CT molecular complexity index is 886. The fraction of sp³-hybridized carbons (Fsp3) is 0.407. The molecule has 1 fully saturated rings. The molecular formula is C27H37ClN2O. The standard InChI is InChI=1S/C27H37ClN2O/c1-8-20(2)15-24(17-25-18-26(28)10-9-21(25)3)16-22(4)30-13-11-29(12-14-30)19-27(6,7)23(5)31/h8-10,15-16,18,31H,1,4-5,11-14,17,19H2,2-3,6-7H3/b20-15-,24-16-. The Morgan fingerprint density at radius 3 is 2.39 bits per heavy atom. The van der Waals surface area contributed by atoms with E-state index in [2.05, 4.69) is 61.6 Å². The maximum Gasteiger partial charge on any atom is 0.0919 e. The first-order chi connectivity index (χ1) is 14.5. The highest BCUT2D eigenvalue weighted by Gasteiger charge is 2.27. The predicted molar refractivity (Wildman–Crippen MR) is 135 cm³/mol. The van der Waals surface area contributed by atoms with E-state index in [1.807, 2.05) is 32.1 Å². The van der Waals surface area contributed by atoms with Gasteiger partial charge in [0.25, 0.3) is 0 Å². The molecule has 1 aliphatic heterocycles. The van der Waals surface area contributed by atoms with Crippen molar-refractivity contribution in [2.75, 3.05) is 32.7 Å². The molecule has 1 aromatic rings. The number of rotatable bonds is 9. The van der Waals surface area contributed by atoms with Crippen molar-refractivity contribution in [2.24, 2.45) is 5.41 Å². The van der Waals surface area contributed by atoms with Crippen LogP contribution in [0, 0.1) is 12.3 Å². The molecule has 3 nitrogen and oxygen atoms in total. The topological polar surface area (TPSA) is 26.7 Å². The molecule has 168 valence electrons. The molecule has 0 spiro atoms. The highest BCUT2D eigenvalue weighted by molar-refractivity contribution is 6.30. The summed E-state index contributed by atoms with van der Waals surface area (Å²) in [6.45, 7) is 24.7. The molecule has 0 atom stereocenters. The van der Waals surface area contributed by atoms with E-state index >= 15 is 0 Å². The van der Waals surface area contributed by atoms with Gasteiger partial charge in [0.1, 0.15) is 0 Å². The van der Waals surface area contributed by atoms with Gasteiger partial charge in [0.15, 0.2) is 0 Å². The van der Waals surface area contributed by atoms with Crippen LogP contribution in [0.1, 0.15) is 31.9 Å². The molecule has 2 rings (SSSR count). The number of hydrogen-bond donors (Lipinski definition) is 1. The Morgan fingerprint density at radius 2 is 1.81 bits per heavy atom. The van der Waals surface area contributed by atoms with E-state index in [1.54, 1.807) is 0 Å². The van der Waals surface area contributed by atoms with Gasteiger partial charge in [-0.3, -0.25) is 4.90 Å². The zero-order chi connectivity index (χ0) is 23.2. The fourth-order valence-electron chi connectivity index (χ4n) is 3.69. The molecule has 0 aliphatic carbocycles. The molecule has 0 saturated carbocycles. The van der Waals surface area contributed by atoms with Crippen LogP contribution >= 0.6 is 11.6 Å². The van der Waals surface area contributed by atoms with Crippen molar-refractivity contribution >= 4 is 11.6 Å². The number of aliphatic hydroxyl groups excluding tert-OH is 1. The van der Waals surface area contributed by atoms with Crippen LogP contribution in [0.5, 0.6) is 0 Å². The second-order valence-electron chi connectivity index (χ2n) is 9.14. The number of piperazine rings is 1. The first kappa shape index (κ1) is 25.0. The minimum atomic E-state index is -0.298. The Labute approximate surface area is 193 Å². The van der Waals surface area contributed by atoms with Crippen molar-refractivity contribution in [3.63, 3.8) is 0 Å². The van der Waals surface area contributed by atoms with E-state index < -0.39 is 0 Å². The van der Waals surface area contributed by atoms with Crippen LogP contribution < -0.4 is 0 Å². The average Bonchev–Trinajstić information content (AvgIpc) is 2.70. The van der Waals surface area contributed by atoms with E-state index in [4.69, 9.17) is 11.6 Å². The normalized spacial score (nSPS) is 16.4. The van der Waals surface area contributed by atoms with Crippen LogP contribution in [0.15, 0.2) is 78.8 Å². The summed E-state index contributed by atoms with van der Waals surface area (Å²) in [6.07, 6.45) is 7.02. The van der Waals surface area contributed by atoms with Crippen LogP contribution in [0.4, 0.5) is 0 Å². The fourth-order valence-corrected chi connectivity index (χ4v) is 3.89. The zero-order valence-electron chi connectivity index (χ0n) is 19.5. The number of hydrogen-bond acceptors (Lipinski definition) is 3. The molecule has 1 aromatic carbocycles. The number of benzene rings is 1. The Hall–Kier alpha value is -2.23. The number of aliphatic hydroxyl groups is 1. The van der Waals surface area contributed by atoms with Crippen molar-refractivity contribution in [3.8, 4) is 0 Å². The van der Waals surface area contributed by atoms with Crippen molar-refractivity contribution < 1.29 is 5.11 Å². The summed E-state index contributed by atoms with van der Waals surface area (Å²) in [7, 11) is 0. The Balaban J connectivity index is 2.11. The number of allylic oxidation sites excluding steroid dienone is 5. The first-order valence-corrected chi connectivity index (χ1v) is 11.2. The van der Waals surface area contributed by atoms with Gasteiger partial charge in [-0.1, -0.05) is 69.0 Å². The lowest BCUT2D eigenvalue weighted by atomic mass is 9.90. The van der Waals surface area contributed by atoms with Gasteiger partial charge >= 0.3 is 0 Å². The van der Waals surface area contributed by atoms with E-state index in [9.17, 15) is 5.11 Å². The SMILES string of the molecule is C=C/C(C)=C\C(=C\C(=C)N1CCN(CC(C)(C)C(=C)O)CC1)Cc1cc(Cl)ccc1C. The number of halogens is 1. The zero-order valence-corrected chi connectivity index (χ0v) is 20.3. The first-order valence-electron chi connectivity index (χ1n) is 10.8. The van der Waals surface area contributed by atoms with E-state index in [1.165, 1.54) is 16.7 Å². The summed E-state index contributed by atoms with van der Waals surface area (Å²) in [5, 5.41) is 10.6. The summed E-state index contributed by atoms with van der Waals surface area (Å²) >= 11 is 6.24. The van der Waals surface area contributed by atoms with E-state index in [-0.39, 0.29) is 11.2 Å². The predicted octanol–water partition coefficient (Wildman–Crippen LogP) is 6.48. The van der Waals surface area contributed by atoms with Gasteiger partial charge in [-0.25, -0.2) is 0 Å². The lowest BCUT2D eigenvalue weighted by Gasteiger charge is -2.39. The third-order valence-corrected chi connectivity index (χ3v) is 6.21. The second-order valence-corrected chi connectivity index (χ2v) is 9.58. The van der Waals surface area contributed by atoms with Crippen LogP contribution in [0.3, 0.4) is 0 Å². The van der Waals surface area contributed by atoms with Crippen LogP contribution in [0.25, 0.3) is 0 Å². The van der Waals surface area contributed by atoms with Crippen molar-refractivity contribution in [1.29, 1.82) is 0 Å². The molecule has 0 aromatic heterocycles. The Kier molecular flexibility index (Phi) is 8.79. The molecule has 0 amide bonds. The second kappa shape index (κ2) is 10.9. The van der Waals surface area contributed by atoms with Gasteiger partial charge in [-0.2, -0.15) is 0 Å². The van der Waals surface area contributed by atoms with Gasteiger partial charge in [0.2, 0.25) is 0 Å². The lowest BCUT2D eigenvalue weighted by molar-refractivity contribution is 0.110. The molecule has 1 heterocycles. The molecule has 1 N–H and O–H groups in total. The molecule has 0 unspecified atom stereocenters. The smallest absolute Gasteiger partial charge is 0.0919 e. The minimum absolute atomic E-state index is 0.243. The third kappa shape index (κ3) is 7.45.